The molecule has 0 aliphatic rings. The number of hydrogen-bond donors (Lipinski definition) is 1. The van der Waals surface area contributed by atoms with Gasteiger partial charge in [-0.05, 0) is 36.4 Å². The molecule has 0 saturated carbocycles. The van der Waals surface area contributed by atoms with Gasteiger partial charge in [0.25, 0.3) is 0 Å². The summed E-state index contributed by atoms with van der Waals surface area (Å²) in [7, 11) is 0. The molecule has 8 heteroatoms. The van der Waals surface area contributed by atoms with Crippen molar-refractivity contribution < 1.29 is 8.78 Å². The topological polar surface area (TPSA) is 82.5 Å². The van der Waals surface area contributed by atoms with Gasteiger partial charge < -0.3 is 5.73 Å². The van der Waals surface area contributed by atoms with Crippen LogP contribution >= 0.6 is 0 Å². The summed E-state index contributed by atoms with van der Waals surface area (Å²) >= 11 is 0. The molecule has 0 aliphatic heterocycles. The van der Waals surface area contributed by atoms with Crippen molar-refractivity contribution >= 4 is 27.8 Å². The molecule has 0 amide bonds. The van der Waals surface area contributed by atoms with Crippen molar-refractivity contribution in [2.75, 3.05) is 5.73 Å². The monoisotopic (exact) mass is 388 g/mol. The first-order valence-electron chi connectivity index (χ1n) is 8.88. The van der Waals surface area contributed by atoms with E-state index in [-0.39, 0.29) is 18.2 Å². The van der Waals surface area contributed by atoms with E-state index in [4.69, 9.17) is 5.73 Å². The first-order chi connectivity index (χ1) is 14.1. The maximum Gasteiger partial charge on any atom is 0.183 e. The Morgan fingerprint density at radius 3 is 2.66 bits per heavy atom. The lowest BCUT2D eigenvalue weighted by molar-refractivity contribution is 0.589. The number of fused-ring (bicyclic) bond motifs is 2. The summed E-state index contributed by atoms with van der Waals surface area (Å²) in [5, 5.41) is 5.74. The molecule has 2 N–H and O–H groups in total. The molecule has 3 aromatic heterocycles. The first kappa shape index (κ1) is 17.2. The van der Waals surface area contributed by atoms with Crippen LogP contribution < -0.4 is 5.73 Å². The van der Waals surface area contributed by atoms with Gasteiger partial charge in [0.05, 0.1) is 17.4 Å². The molecule has 0 bridgehead atoms. The van der Waals surface area contributed by atoms with E-state index in [2.05, 4.69) is 20.1 Å². The minimum absolute atomic E-state index is 0.158. The third-order valence-corrected chi connectivity index (χ3v) is 4.68. The molecule has 0 fully saturated rings. The lowest BCUT2D eigenvalue weighted by atomic mass is 10.2. The van der Waals surface area contributed by atoms with Gasteiger partial charge in [0.15, 0.2) is 11.5 Å². The van der Waals surface area contributed by atoms with E-state index in [9.17, 15) is 8.78 Å². The number of pyridine rings is 1. The van der Waals surface area contributed by atoms with Gasteiger partial charge in [0.2, 0.25) is 0 Å². The van der Waals surface area contributed by atoms with E-state index >= 15 is 0 Å². The summed E-state index contributed by atoms with van der Waals surface area (Å²) in [6, 6.07) is 14.3. The fourth-order valence-corrected chi connectivity index (χ4v) is 3.30. The lowest BCUT2D eigenvalue weighted by Gasteiger charge is -2.05. The molecule has 142 valence electrons. The predicted molar refractivity (Wildman–Crippen MR) is 106 cm³/mol. The highest BCUT2D eigenvalue weighted by molar-refractivity contribution is 5.93. The largest absolute Gasteiger partial charge is 0.383 e. The molecule has 29 heavy (non-hydrogen) atoms. The van der Waals surface area contributed by atoms with Crippen molar-refractivity contribution in [2.24, 2.45) is 0 Å². The van der Waals surface area contributed by atoms with Gasteiger partial charge in [-0.1, -0.05) is 18.2 Å². The van der Waals surface area contributed by atoms with Crippen molar-refractivity contribution in [1.82, 2.24) is 24.7 Å². The van der Waals surface area contributed by atoms with Gasteiger partial charge in [-0.3, -0.25) is 0 Å². The average Bonchev–Trinajstić information content (AvgIpc) is 3.09. The van der Waals surface area contributed by atoms with Crippen molar-refractivity contribution in [3.8, 4) is 11.5 Å². The fraction of sp³-hybridized carbons (Fsp3) is 0.0476. The summed E-state index contributed by atoms with van der Waals surface area (Å²) < 4.78 is 29.3. The molecule has 2 aromatic carbocycles. The van der Waals surface area contributed by atoms with Crippen LogP contribution in [0, 0.1) is 11.6 Å². The molecule has 6 nitrogen and oxygen atoms in total. The molecular weight excluding hydrogens is 374 g/mol. The third-order valence-electron chi connectivity index (χ3n) is 4.68. The number of nitrogen functional groups attached to an aromatic ring is 1. The van der Waals surface area contributed by atoms with E-state index in [0.29, 0.717) is 39.0 Å². The quantitative estimate of drug-likeness (QED) is 0.506. The summed E-state index contributed by atoms with van der Waals surface area (Å²) in [6.07, 6.45) is 1.64. The van der Waals surface area contributed by atoms with E-state index in [1.165, 1.54) is 18.2 Å². The predicted octanol–water partition coefficient (Wildman–Crippen LogP) is 3.95. The first-order valence-corrected chi connectivity index (χ1v) is 8.88. The van der Waals surface area contributed by atoms with Crippen LogP contribution in [0.1, 0.15) is 5.56 Å². The van der Waals surface area contributed by atoms with Gasteiger partial charge >= 0.3 is 0 Å². The van der Waals surface area contributed by atoms with Gasteiger partial charge in [-0.25, -0.2) is 28.4 Å². The Balaban J connectivity index is 1.69. The second-order valence-corrected chi connectivity index (χ2v) is 6.57. The Hall–Kier alpha value is -3.94. The second-order valence-electron chi connectivity index (χ2n) is 6.57. The maximum absolute atomic E-state index is 14.1. The highest BCUT2D eigenvalue weighted by Crippen LogP contribution is 2.28. The molecule has 3 heterocycles. The smallest absolute Gasteiger partial charge is 0.183 e. The molecule has 0 aliphatic carbocycles. The molecule has 0 unspecified atom stereocenters. The van der Waals surface area contributed by atoms with Crippen molar-refractivity contribution in [1.29, 1.82) is 0 Å². The molecule has 0 spiro atoms. The third kappa shape index (κ3) is 2.94. The highest BCUT2D eigenvalue weighted by Gasteiger charge is 2.18. The number of halogens is 2. The standard InChI is InChI=1S/C21H14F2N6/c22-13-7-8-17-15(10-13)19(24)27-20(26-17)18-14-5-3-9-25-21(14)29(28-18)11-12-4-1-2-6-16(12)23/h1-10H,11H2,(H2,24,26,27). The summed E-state index contributed by atoms with van der Waals surface area (Å²) in [5.74, 6) is -0.275. The molecule has 0 atom stereocenters. The van der Waals surface area contributed by atoms with Crippen LogP contribution in [0.2, 0.25) is 0 Å². The zero-order valence-electron chi connectivity index (χ0n) is 15.0. The minimum Gasteiger partial charge on any atom is -0.383 e. The van der Waals surface area contributed by atoms with Crippen LogP contribution in [0.25, 0.3) is 33.5 Å². The zero-order chi connectivity index (χ0) is 20.0. The second kappa shape index (κ2) is 6.59. The lowest BCUT2D eigenvalue weighted by Crippen LogP contribution is -2.05. The minimum atomic E-state index is -0.413. The van der Waals surface area contributed by atoms with Gasteiger partial charge in [0, 0.05) is 17.1 Å². The van der Waals surface area contributed by atoms with Crippen LogP contribution in [0.5, 0.6) is 0 Å². The normalized spacial score (nSPS) is 11.4. The van der Waals surface area contributed by atoms with E-state index in [1.54, 1.807) is 41.2 Å². The van der Waals surface area contributed by atoms with Gasteiger partial charge in [-0.15, -0.1) is 0 Å². The number of hydrogen-bond acceptors (Lipinski definition) is 5. The van der Waals surface area contributed by atoms with Crippen LogP contribution in [0.15, 0.2) is 60.8 Å². The summed E-state index contributed by atoms with van der Waals surface area (Å²) in [4.78, 5) is 13.2. The van der Waals surface area contributed by atoms with Gasteiger partial charge in [0.1, 0.15) is 23.1 Å². The van der Waals surface area contributed by atoms with Crippen LogP contribution in [-0.4, -0.2) is 24.7 Å². The Morgan fingerprint density at radius 1 is 0.931 bits per heavy atom. The van der Waals surface area contributed by atoms with E-state index in [0.717, 1.165) is 0 Å². The summed E-state index contributed by atoms with van der Waals surface area (Å²) in [6.45, 7) is 0.203. The number of aromatic nitrogens is 5. The van der Waals surface area contributed by atoms with Crippen LogP contribution in [0.3, 0.4) is 0 Å². The van der Waals surface area contributed by atoms with E-state index in [1.807, 2.05) is 6.07 Å². The number of benzene rings is 2. The molecule has 0 radical (unpaired) electrons. The Morgan fingerprint density at radius 2 is 1.79 bits per heavy atom. The van der Waals surface area contributed by atoms with Crippen molar-refractivity contribution in [3.05, 3.63) is 78.0 Å². The Bertz CT molecular complexity index is 1380. The molecule has 5 rings (SSSR count). The summed E-state index contributed by atoms with van der Waals surface area (Å²) in [5.41, 5.74) is 8.09. The SMILES string of the molecule is Nc1nc(-c2nn(Cc3ccccc3F)c3ncccc23)nc2ccc(F)cc12. The number of nitrogens with two attached hydrogens (primary N) is 1. The number of anilines is 1. The highest BCUT2D eigenvalue weighted by atomic mass is 19.1. The zero-order valence-corrected chi connectivity index (χ0v) is 15.0. The Kier molecular flexibility index (Phi) is 3.90. The van der Waals surface area contributed by atoms with Crippen molar-refractivity contribution in [3.63, 3.8) is 0 Å². The van der Waals surface area contributed by atoms with Crippen molar-refractivity contribution in [2.45, 2.75) is 6.54 Å². The molecule has 0 saturated heterocycles. The van der Waals surface area contributed by atoms with Gasteiger partial charge in [-0.2, -0.15) is 5.10 Å². The number of nitrogens with zero attached hydrogens (tertiary/aromatic N) is 5. The van der Waals surface area contributed by atoms with Crippen LogP contribution in [0.4, 0.5) is 14.6 Å². The number of rotatable bonds is 3. The Labute approximate surface area is 163 Å². The van der Waals surface area contributed by atoms with E-state index < -0.39 is 5.82 Å². The molecule has 5 aromatic rings. The maximum atomic E-state index is 14.1. The van der Waals surface area contributed by atoms with Crippen LogP contribution in [-0.2, 0) is 6.54 Å². The molecular formula is C21H14F2N6. The fourth-order valence-electron chi connectivity index (χ4n) is 3.30. The average molecular weight is 388 g/mol.